The molecule has 140 valence electrons. The highest BCUT2D eigenvalue weighted by Crippen LogP contribution is 2.11. The molecule has 0 saturated heterocycles. The van der Waals surface area contributed by atoms with Gasteiger partial charge in [-0.2, -0.15) is 0 Å². The molecule has 0 bridgehead atoms. The predicted molar refractivity (Wildman–Crippen MR) is 99.2 cm³/mol. The lowest BCUT2D eigenvalue weighted by Crippen LogP contribution is -2.37. The molecule has 2 heterocycles. The lowest BCUT2D eigenvalue weighted by Gasteiger charge is -2.15. The summed E-state index contributed by atoms with van der Waals surface area (Å²) in [5.41, 5.74) is 0.774. The number of nitrogens with one attached hydrogen (secondary N) is 1. The summed E-state index contributed by atoms with van der Waals surface area (Å²) >= 11 is 0. The van der Waals surface area contributed by atoms with Crippen LogP contribution in [0.4, 0.5) is 0 Å². The van der Waals surface area contributed by atoms with Crippen LogP contribution in [0, 0.1) is 6.92 Å². The van der Waals surface area contributed by atoms with E-state index in [9.17, 15) is 14.4 Å². The average molecular weight is 359 g/mol. The van der Waals surface area contributed by atoms with E-state index in [0.717, 1.165) is 18.5 Å². The molecule has 2 aromatic rings. The molecule has 0 spiro atoms. The maximum atomic E-state index is 12.6. The Bertz CT molecular complexity index is 869. The summed E-state index contributed by atoms with van der Waals surface area (Å²) in [6.45, 7) is 7.81. The first-order chi connectivity index (χ1) is 12.4. The van der Waals surface area contributed by atoms with Gasteiger partial charge in [-0.1, -0.05) is 13.8 Å². The van der Waals surface area contributed by atoms with E-state index in [2.05, 4.69) is 10.3 Å². The Morgan fingerprint density at radius 1 is 1.23 bits per heavy atom. The molecule has 2 rings (SSSR count). The van der Waals surface area contributed by atoms with Gasteiger partial charge in [0.15, 0.2) is 6.61 Å². The third-order valence-electron chi connectivity index (χ3n) is 4.31. The molecule has 0 radical (unpaired) electrons. The maximum absolute atomic E-state index is 12.6. The second-order valence-corrected chi connectivity index (χ2v) is 6.14. The standard InChI is InChI=1S/C19H25N3O4/c1-5-13(6-2)21-16(23)11-26-19(25)15-10-22(7-3)18-14(17(15)24)9-8-12(4)20-18/h8-10,13H,5-7,11H2,1-4H3,(H,21,23). The van der Waals surface area contributed by atoms with Gasteiger partial charge in [-0.15, -0.1) is 0 Å². The van der Waals surface area contributed by atoms with E-state index in [1.165, 1.54) is 6.20 Å². The average Bonchev–Trinajstić information content (AvgIpc) is 2.64. The van der Waals surface area contributed by atoms with Crippen molar-refractivity contribution < 1.29 is 14.3 Å². The number of rotatable bonds is 7. The van der Waals surface area contributed by atoms with E-state index < -0.39 is 18.0 Å². The summed E-state index contributed by atoms with van der Waals surface area (Å²) in [6, 6.07) is 3.43. The van der Waals surface area contributed by atoms with Crippen LogP contribution in [-0.4, -0.2) is 34.1 Å². The third-order valence-corrected chi connectivity index (χ3v) is 4.31. The molecule has 7 heteroatoms. The Kier molecular flexibility index (Phi) is 6.49. The summed E-state index contributed by atoms with van der Waals surface area (Å²) in [5.74, 6) is -1.18. The summed E-state index contributed by atoms with van der Waals surface area (Å²) in [5, 5.41) is 3.14. The van der Waals surface area contributed by atoms with Gasteiger partial charge in [0.2, 0.25) is 5.43 Å². The predicted octanol–water partition coefficient (Wildman–Crippen LogP) is 2.19. The molecule has 0 atom stereocenters. The van der Waals surface area contributed by atoms with Crippen LogP contribution in [0.2, 0.25) is 0 Å². The van der Waals surface area contributed by atoms with Gasteiger partial charge in [-0.3, -0.25) is 9.59 Å². The van der Waals surface area contributed by atoms with Crippen molar-refractivity contribution in [3.8, 4) is 0 Å². The molecule has 26 heavy (non-hydrogen) atoms. The van der Waals surface area contributed by atoms with Crippen LogP contribution >= 0.6 is 0 Å². The van der Waals surface area contributed by atoms with Crippen LogP contribution in [-0.2, 0) is 16.1 Å². The zero-order valence-electron chi connectivity index (χ0n) is 15.7. The van der Waals surface area contributed by atoms with E-state index >= 15 is 0 Å². The number of carbonyl (C=O) groups excluding carboxylic acids is 2. The van der Waals surface area contributed by atoms with Crippen LogP contribution in [0.25, 0.3) is 11.0 Å². The minimum Gasteiger partial charge on any atom is -0.452 e. The fourth-order valence-corrected chi connectivity index (χ4v) is 2.72. The number of carbonyl (C=O) groups is 2. The van der Waals surface area contributed by atoms with Crippen molar-refractivity contribution in [2.75, 3.05) is 6.61 Å². The van der Waals surface area contributed by atoms with E-state index in [1.807, 2.05) is 27.7 Å². The molecule has 0 saturated carbocycles. The lowest BCUT2D eigenvalue weighted by molar-refractivity contribution is -0.125. The Hall–Kier alpha value is -2.70. The molecule has 0 fully saturated rings. The fraction of sp³-hybridized carbons (Fsp3) is 0.474. The summed E-state index contributed by atoms with van der Waals surface area (Å²) in [4.78, 5) is 41.2. The normalized spacial score (nSPS) is 11.0. The molecule has 0 aliphatic rings. The minimum atomic E-state index is -0.806. The highest BCUT2D eigenvalue weighted by molar-refractivity contribution is 5.94. The Morgan fingerprint density at radius 3 is 2.54 bits per heavy atom. The molecule has 7 nitrogen and oxygen atoms in total. The van der Waals surface area contributed by atoms with Gasteiger partial charge in [-0.25, -0.2) is 9.78 Å². The number of ether oxygens (including phenoxy) is 1. The van der Waals surface area contributed by atoms with Crippen LogP contribution in [0.3, 0.4) is 0 Å². The number of aromatic nitrogens is 2. The zero-order chi connectivity index (χ0) is 19.3. The number of hydrogen-bond acceptors (Lipinski definition) is 5. The van der Waals surface area contributed by atoms with Crippen LogP contribution in [0.1, 0.15) is 49.7 Å². The van der Waals surface area contributed by atoms with Gasteiger partial charge in [0.1, 0.15) is 11.2 Å². The summed E-state index contributed by atoms with van der Waals surface area (Å²) in [6.07, 6.45) is 3.04. The van der Waals surface area contributed by atoms with Gasteiger partial charge in [0.25, 0.3) is 5.91 Å². The van der Waals surface area contributed by atoms with E-state index in [1.54, 1.807) is 16.7 Å². The topological polar surface area (TPSA) is 90.3 Å². The number of nitrogens with zero attached hydrogens (tertiary/aromatic N) is 2. The smallest absolute Gasteiger partial charge is 0.344 e. The van der Waals surface area contributed by atoms with Crippen LogP contribution < -0.4 is 10.7 Å². The Morgan fingerprint density at radius 2 is 1.92 bits per heavy atom. The molecular weight excluding hydrogens is 334 g/mol. The van der Waals surface area contributed by atoms with E-state index in [0.29, 0.717) is 17.6 Å². The first-order valence-electron chi connectivity index (χ1n) is 8.88. The maximum Gasteiger partial charge on any atom is 0.344 e. The Labute approximate surface area is 152 Å². The first kappa shape index (κ1) is 19.6. The molecule has 1 N–H and O–H groups in total. The number of fused-ring (bicyclic) bond motifs is 1. The quantitative estimate of drug-likeness (QED) is 0.765. The molecule has 0 aliphatic heterocycles. The van der Waals surface area contributed by atoms with E-state index in [-0.39, 0.29) is 17.5 Å². The van der Waals surface area contributed by atoms with Gasteiger partial charge in [0.05, 0.1) is 5.39 Å². The molecular formula is C19H25N3O4. The number of amides is 1. The van der Waals surface area contributed by atoms with Gasteiger partial charge >= 0.3 is 5.97 Å². The number of aryl methyl sites for hydroxylation is 2. The highest BCUT2D eigenvalue weighted by atomic mass is 16.5. The number of pyridine rings is 2. The van der Waals surface area contributed by atoms with Crippen LogP contribution in [0.5, 0.6) is 0 Å². The van der Waals surface area contributed by atoms with Crippen LogP contribution in [0.15, 0.2) is 23.1 Å². The molecule has 0 aliphatic carbocycles. The third kappa shape index (κ3) is 4.28. The lowest BCUT2D eigenvalue weighted by atomic mass is 10.2. The van der Waals surface area contributed by atoms with Crippen molar-refractivity contribution in [3.05, 3.63) is 39.8 Å². The molecule has 0 aromatic carbocycles. The molecule has 0 unspecified atom stereocenters. The summed E-state index contributed by atoms with van der Waals surface area (Å²) in [7, 11) is 0. The van der Waals surface area contributed by atoms with Gasteiger partial charge in [-0.05, 0) is 38.8 Å². The SMILES string of the molecule is CCC(CC)NC(=O)COC(=O)c1cn(CC)c2nc(C)ccc2c1=O. The minimum absolute atomic E-state index is 0.0495. The van der Waals surface area contributed by atoms with Crippen molar-refractivity contribution in [3.63, 3.8) is 0 Å². The monoisotopic (exact) mass is 359 g/mol. The largest absolute Gasteiger partial charge is 0.452 e. The van der Waals surface area contributed by atoms with Crippen molar-refractivity contribution in [2.24, 2.45) is 0 Å². The zero-order valence-corrected chi connectivity index (χ0v) is 15.7. The fourth-order valence-electron chi connectivity index (χ4n) is 2.72. The van der Waals surface area contributed by atoms with Crippen molar-refractivity contribution in [1.29, 1.82) is 0 Å². The van der Waals surface area contributed by atoms with Crippen molar-refractivity contribution in [2.45, 2.75) is 53.1 Å². The summed E-state index contributed by atoms with van der Waals surface area (Å²) < 4.78 is 6.77. The molecule has 1 amide bonds. The van der Waals surface area contributed by atoms with Crippen molar-refractivity contribution in [1.82, 2.24) is 14.9 Å². The van der Waals surface area contributed by atoms with Gasteiger partial charge in [0, 0.05) is 24.5 Å². The number of hydrogen-bond donors (Lipinski definition) is 1. The highest BCUT2D eigenvalue weighted by Gasteiger charge is 2.19. The van der Waals surface area contributed by atoms with E-state index in [4.69, 9.17) is 4.74 Å². The first-order valence-corrected chi connectivity index (χ1v) is 8.88. The second kappa shape index (κ2) is 8.60. The Balaban J connectivity index is 2.23. The van der Waals surface area contributed by atoms with Gasteiger partial charge < -0.3 is 14.6 Å². The molecule has 2 aromatic heterocycles. The van der Waals surface area contributed by atoms with Crippen molar-refractivity contribution >= 4 is 22.9 Å². The second-order valence-electron chi connectivity index (χ2n) is 6.14. The number of esters is 1.